The SMILES string of the molecule is O=[N+]([O-])c1cccc(Cl)c1CC1(O)CNC1. The van der Waals surface area contributed by atoms with E-state index in [1.165, 1.54) is 12.1 Å². The molecule has 0 radical (unpaired) electrons. The van der Waals surface area contributed by atoms with Gasteiger partial charge < -0.3 is 10.4 Å². The molecule has 0 atom stereocenters. The summed E-state index contributed by atoms with van der Waals surface area (Å²) >= 11 is 5.92. The van der Waals surface area contributed by atoms with Crippen LogP contribution >= 0.6 is 11.6 Å². The Labute approximate surface area is 97.2 Å². The number of rotatable bonds is 3. The van der Waals surface area contributed by atoms with Gasteiger partial charge in [0.25, 0.3) is 5.69 Å². The molecular weight excluding hydrogens is 232 g/mol. The summed E-state index contributed by atoms with van der Waals surface area (Å²) < 4.78 is 0. The second kappa shape index (κ2) is 4.01. The molecule has 0 unspecified atom stereocenters. The van der Waals surface area contributed by atoms with Gasteiger partial charge in [-0.05, 0) is 6.07 Å². The number of nitrogens with zero attached hydrogens (tertiary/aromatic N) is 1. The van der Waals surface area contributed by atoms with Crippen molar-refractivity contribution in [3.05, 3.63) is 38.9 Å². The zero-order valence-corrected chi connectivity index (χ0v) is 9.20. The summed E-state index contributed by atoms with van der Waals surface area (Å²) in [5.74, 6) is 0. The third-order valence-electron chi connectivity index (χ3n) is 2.70. The van der Waals surface area contributed by atoms with Crippen LogP contribution in [0.5, 0.6) is 0 Å². The Morgan fingerprint density at radius 2 is 2.25 bits per heavy atom. The quantitative estimate of drug-likeness (QED) is 0.615. The second-order valence-electron chi connectivity index (χ2n) is 4.00. The number of benzene rings is 1. The molecule has 1 heterocycles. The van der Waals surface area contributed by atoms with Crippen LogP contribution in [0.15, 0.2) is 18.2 Å². The number of nitro benzene ring substituents is 1. The molecule has 1 aromatic carbocycles. The molecule has 5 nitrogen and oxygen atoms in total. The topological polar surface area (TPSA) is 75.4 Å². The second-order valence-corrected chi connectivity index (χ2v) is 4.41. The van der Waals surface area contributed by atoms with Gasteiger partial charge >= 0.3 is 0 Å². The van der Waals surface area contributed by atoms with Crippen molar-refractivity contribution in [1.82, 2.24) is 5.32 Å². The van der Waals surface area contributed by atoms with Crippen LogP contribution in [-0.4, -0.2) is 28.7 Å². The van der Waals surface area contributed by atoms with Crippen molar-refractivity contribution in [3.8, 4) is 0 Å². The fourth-order valence-electron chi connectivity index (χ4n) is 1.76. The van der Waals surface area contributed by atoms with E-state index < -0.39 is 10.5 Å². The maximum atomic E-state index is 10.8. The monoisotopic (exact) mass is 242 g/mol. The molecule has 2 rings (SSSR count). The summed E-state index contributed by atoms with van der Waals surface area (Å²) in [6.07, 6.45) is 0.204. The maximum Gasteiger partial charge on any atom is 0.274 e. The summed E-state index contributed by atoms with van der Waals surface area (Å²) in [6.45, 7) is 0.880. The highest BCUT2D eigenvalue weighted by molar-refractivity contribution is 6.31. The Morgan fingerprint density at radius 1 is 1.56 bits per heavy atom. The van der Waals surface area contributed by atoms with E-state index in [2.05, 4.69) is 5.32 Å². The minimum Gasteiger partial charge on any atom is -0.387 e. The molecule has 0 spiro atoms. The van der Waals surface area contributed by atoms with E-state index in [9.17, 15) is 15.2 Å². The van der Waals surface area contributed by atoms with E-state index in [0.29, 0.717) is 23.7 Å². The molecule has 0 amide bonds. The molecule has 86 valence electrons. The highest BCUT2D eigenvalue weighted by atomic mass is 35.5. The maximum absolute atomic E-state index is 10.8. The average Bonchev–Trinajstić information content (AvgIpc) is 2.18. The van der Waals surface area contributed by atoms with E-state index in [-0.39, 0.29) is 12.1 Å². The first kappa shape index (κ1) is 11.3. The molecule has 16 heavy (non-hydrogen) atoms. The molecule has 2 N–H and O–H groups in total. The molecular formula is C10H11ClN2O3. The van der Waals surface area contributed by atoms with Gasteiger partial charge in [-0.25, -0.2) is 0 Å². The van der Waals surface area contributed by atoms with E-state index in [4.69, 9.17) is 11.6 Å². The zero-order chi connectivity index (χ0) is 11.8. The minimum absolute atomic E-state index is 0.0344. The van der Waals surface area contributed by atoms with Gasteiger partial charge in [-0.2, -0.15) is 0 Å². The third kappa shape index (κ3) is 2.02. The number of nitrogens with one attached hydrogen (secondary N) is 1. The molecule has 1 aromatic rings. The van der Waals surface area contributed by atoms with Crippen LogP contribution in [-0.2, 0) is 6.42 Å². The molecule has 1 aliphatic rings. The summed E-state index contributed by atoms with van der Waals surface area (Å²) in [7, 11) is 0. The zero-order valence-electron chi connectivity index (χ0n) is 8.44. The molecule has 0 bridgehead atoms. The van der Waals surface area contributed by atoms with Crippen molar-refractivity contribution < 1.29 is 10.0 Å². The van der Waals surface area contributed by atoms with Crippen LogP contribution in [0.3, 0.4) is 0 Å². The van der Waals surface area contributed by atoms with Gasteiger partial charge in [0, 0.05) is 25.6 Å². The van der Waals surface area contributed by atoms with Gasteiger partial charge in [-0.3, -0.25) is 10.1 Å². The lowest BCUT2D eigenvalue weighted by atomic mass is 9.88. The van der Waals surface area contributed by atoms with Crippen LogP contribution in [0.4, 0.5) is 5.69 Å². The Kier molecular flexibility index (Phi) is 2.84. The van der Waals surface area contributed by atoms with Crippen LogP contribution in [0.25, 0.3) is 0 Å². The smallest absolute Gasteiger partial charge is 0.274 e. The first-order chi connectivity index (χ1) is 7.52. The highest BCUT2D eigenvalue weighted by Crippen LogP contribution is 2.30. The predicted molar refractivity (Wildman–Crippen MR) is 59.6 cm³/mol. The van der Waals surface area contributed by atoms with Crippen LogP contribution < -0.4 is 5.32 Å². The van der Waals surface area contributed by atoms with E-state index in [0.717, 1.165) is 0 Å². The van der Waals surface area contributed by atoms with Gasteiger partial charge in [0.2, 0.25) is 0 Å². The average molecular weight is 243 g/mol. The number of hydrogen-bond donors (Lipinski definition) is 2. The van der Waals surface area contributed by atoms with Crippen molar-refractivity contribution in [3.63, 3.8) is 0 Å². The van der Waals surface area contributed by atoms with Gasteiger partial charge in [0.1, 0.15) is 0 Å². The summed E-state index contributed by atoms with van der Waals surface area (Å²) in [4.78, 5) is 10.3. The number of halogens is 1. The van der Waals surface area contributed by atoms with Crippen LogP contribution in [0.1, 0.15) is 5.56 Å². The van der Waals surface area contributed by atoms with Gasteiger partial charge in [-0.15, -0.1) is 0 Å². The van der Waals surface area contributed by atoms with Crippen molar-refractivity contribution in [1.29, 1.82) is 0 Å². The lowest BCUT2D eigenvalue weighted by molar-refractivity contribution is -0.385. The number of hydrogen-bond acceptors (Lipinski definition) is 4. The van der Waals surface area contributed by atoms with E-state index in [1.807, 2.05) is 0 Å². The van der Waals surface area contributed by atoms with Crippen molar-refractivity contribution >= 4 is 17.3 Å². The van der Waals surface area contributed by atoms with Crippen molar-refractivity contribution in [2.75, 3.05) is 13.1 Å². The Morgan fingerprint density at radius 3 is 2.75 bits per heavy atom. The summed E-state index contributed by atoms with van der Waals surface area (Å²) in [5.41, 5.74) is -0.540. The van der Waals surface area contributed by atoms with Crippen molar-refractivity contribution in [2.45, 2.75) is 12.0 Å². The molecule has 1 aliphatic heterocycles. The molecule has 1 fully saturated rings. The first-order valence-electron chi connectivity index (χ1n) is 4.87. The summed E-state index contributed by atoms with van der Waals surface area (Å²) in [5, 5.41) is 24.0. The predicted octanol–water partition coefficient (Wildman–Crippen LogP) is 1.12. The third-order valence-corrected chi connectivity index (χ3v) is 3.06. The fourth-order valence-corrected chi connectivity index (χ4v) is 2.00. The largest absolute Gasteiger partial charge is 0.387 e. The van der Waals surface area contributed by atoms with E-state index >= 15 is 0 Å². The molecule has 0 aliphatic carbocycles. The van der Waals surface area contributed by atoms with Crippen LogP contribution in [0, 0.1) is 10.1 Å². The summed E-state index contributed by atoms with van der Waals surface area (Å²) in [6, 6.07) is 4.53. The molecule has 0 aromatic heterocycles. The first-order valence-corrected chi connectivity index (χ1v) is 5.24. The van der Waals surface area contributed by atoms with Gasteiger partial charge in [-0.1, -0.05) is 17.7 Å². The Hall–Kier alpha value is -1.17. The molecule has 6 heteroatoms. The fraction of sp³-hybridized carbons (Fsp3) is 0.400. The van der Waals surface area contributed by atoms with E-state index in [1.54, 1.807) is 6.07 Å². The molecule has 0 saturated carbocycles. The van der Waals surface area contributed by atoms with Crippen LogP contribution in [0.2, 0.25) is 5.02 Å². The minimum atomic E-state index is -0.907. The van der Waals surface area contributed by atoms with Gasteiger partial charge in [0.15, 0.2) is 0 Å². The Bertz CT molecular complexity index is 432. The lowest BCUT2D eigenvalue weighted by Gasteiger charge is -2.37. The number of nitro groups is 1. The standard InChI is InChI=1S/C10H11ClN2O3/c11-8-2-1-3-9(13(15)16)7(8)4-10(14)5-12-6-10/h1-3,12,14H,4-6H2. The van der Waals surface area contributed by atoms with Crippen molar-refractivity contribution in [2.24, 2.45) is 0 Å². The Balaban J connectivity index is 2.34. The highest BCUT2D eigenvalue weighted by Gasteiger charge is 2.37. The number of β-amino-alcohol motifs (C(OH)–C–C–N with tert-alkyl or cyclic N) is 1. The lowest BCUT2D eigenvalue weighted by Crippen LogP contribution is -2.60. The number of aliphatic hydroxyl groups is 1. The van der Waals surface area contributed by atoms with Gasteiger partial charge in [0.05, 0.1) is 21.1 Å². The molecule has 1 saturated heterocycles. The normalized spacial score (nSPS) is 17.9.